The van der Waals surface area contributed by atoms with E-state index in [0.717, 1.165) is 12.3 Å². The maximum atomic E-state index is 13.9. The predicted molar refractivity (Wildman–Crippen MR) is 138 cm³/mol. The van der Waals surface area contributed by atoms with Gasteiger partial charge in [0.2, 0.25) is 5.91 Å². The predicted octanol–water partition coefficient (Wildman–Crippen LogP) is 4.48. The average Bonchev–Trinajstić information content (AvgIpc) is 3.36. The molecule has 2 aliphatic rings. The molecule has 0 saturated heterocycles. The van der Waals surface area contributed by atoms with Gasteiger partial charge in [0.15, 0.2) is 12.3 Å². The quantitative estimate of drug-likeness (QED) is 0.360. The van der Waals surface area contributed by atoms with Crippen molar-refractivity contribution in [3.63, 3.8) is 0 Å². The van der Waals surface area contributed by atoms with Crippen molar-refractivity contribution in [2.24, 2.45) is 0 Å². The van der Waals surface area contributed by atoms with Crippen molar-refractivity contribution in [3.05, 3.63) is 64.1 Å². The highest BCUT2D eigenvalue weighted by Gasteiger charge is 2.46. The van der Waals surface area contributed by atoms with Gasteiger partial charge < -0.3 is 15.4 Å². The van der Waals surface area contributed by atoms with Crippen LogP contribution in [0.25, 0.3) is 11.3 Å². The summed E-state index contributed by atoms with van der Waals surface area (Å²) in [4.78, 5) is 26.2. The van der Waals surface area contributed by atoms with Gasteiger partial charge in [-0.1, -0.05) is 17.7 Å². The molecule has 1 aliphatic carbocycles. The van der Waals surface area contributed by atoms with E-state index >= 15 is 0 Å². The van der Waals surface area contributed by atoms with E-state index in [4.69, 9.17) is 21.1 Å². The molecule has 1 aliphatic heterocycles. The van der Waals surface area contributed by atoms with Gasteiger partial charge in [-0.2, -0.15) is 18.3 Å². The molecule has 1 aromatic heterocycles. The summed E-state index contributed by atoms with van der Waals surface area (Å²) in [5, 5.41) is 9.86. The van der Waals surface area contributed by atoms with Crippen molar-refractivity contribution in [1.82, 2.24) is 15.1 Å². The van der Waals surface area contributed by atoms with Gasteiger partial charge in [-0.15, -0.1) is 0 Å². The first kappa shape index (κ1) is 27.9. The highest BCUT2D eigenvalue weighted by Crippen LogP contribution is 2.44. The zero-order valence-corrected chi connectivity index (χ0v) is 22.4. The zero-order chi connectivity index (χ0) is 29.0. The van der Waals surface area contributed by atoms with Crippen molar-refractivity contribution >= 4 is 38.8 Å². The van der Waals surface area contributed by atoms with E-state index in [0.29, 0.717) is 29.5 Å². The molecule has 15 heteroatoms. The first-order valence-electron chi connectivity index (χ1n) is 11.9. The summed E-state index contributed by atoms with van der Waals surface area (Å²) in [7, 11) is -3.20. The molecule has 1 unspecified atom stereocenters. The van der Waals surface area contributed by atoms with Crippen LogP contribution in [-0.2, 0) is 33.0 Å². The molecular formula is C25H22ClF4N5O4S. The summed E-state index contributed by atoms with van der Waals surface area (Å²) in [6, 6.07) is 8.30. The van der Waals surface area contributed by atoms with E-state index in [1.54, 1.807) is 6.07 Å². The summed E-state index contributed by atoms with van der Waals surface area (Å²) in [5.41, 5.74) is 0.844. The number of aromatic nitrogens is 2. The molecule has 1 spiro atoms. The van der Waals surface area contributed by atoms with E-state index in [2.05, 4.69) is 15.7 Å². The Kier molecular flexibility index (Phi) is 6.81. The largest absolute Gasteiger partial charge is 0.484 e. The van der Waals surface area contributed by atoms with Gasteiger partial charge in [0, 0.05) is 11.8 Å². The number of anilines is 1. The van der Waals surface area contributed by atoms with Crippen molar-refractivity contribution in [2.45, 2.75) is 31.1 Å². The molecule has 3 aromatic rings. The van der Waals surface area contributed by atoms with Crippen LogP contribution in [0, 0.1) is 10.6 Å². The minimum atomic E-state index is -4.48. The Bertz CT molecular complexity index is 1660. The van der Waals surface area contributed by atoms with Crippen molar-refractivity contribution in [1.29, 1.82) is 4.78 Å². The second-order valence-electron chi connectivity index (χ2n) is 9.82. The molecule has 2 aromatic carbocycles. The molecule has 5 rings (SSSR count). The number of hydrogen-bond donors (Lipinski definition) is 3. The fourth-order valence-electron chi connectivity index (χ4n) is 5.04. The molecule has 9 nitrogen and oxygen atoms in total. The van der Waals surface area contributed by atoms with Crippen LogP contribution < -0.4 is 15.4 Å². The number of carbonyl (C=O) groups is 2. The highest BCUT2D eigenvalue weighted by molar-refractivity contribution is 7.92. The summed E-state index contributed by atoms with van der Waals surface area (Å²) in [5.74, 6) is -2.63. The number of amides is 2. The summed E-state index contributed by atoms with van der Waals surface area (Å²) in [6.07, 6.45) is -2.50. The maximum absolute atomic E-state index is 13.9. The number of hydrogen-bond acceptors (Lipinski definition) is 6. The molecule has 2 atom stereocenters. The fraction of sp³-hybridized carbons (Fsp3) is 0.320. The second-order valence-corrected chi connectivity index (χ2v) is 12.5. The number of rotatable bonds is 6. The fourth-order valence-corrected chi connectivity index (χ4v) is 5.80. The van der Waals surface area contributed by atoms with Crippen LogP contribution >= 0.6 is 11.6 Å². The van der Waals surface area contributed by atoms with Gasteiger partial charge >= 0.3 is 6.18 Å². The first-order valence-corrected chi connectivity index (χ1v) is 14.4. The third kappa shape index (κ3) is 5.50. The van der Waals surface area contributed by atoms with E-state index < -0.39 is 51.4 Å². The molecule has 40 heavy (non-hydrogen) atoms. The lowest BCUT2D eigenvalue weighted by atomic mass is 9.89. The summed E-state index contributed by atoms with van der Waals surface area (Å²) < 4.78 is 77.4. The molecular weight excluding hydrogens is 578 g/mol. The number of aryl methyl sites for hydroxylation is 1. The summed E-state index contributed by atoms with van der Waals surface area (Å²) >= 11 is 5.97. The lowest BCUT2D eigenvalue weighted by molar-refractivity contribution is -0.153. The van der Waals surface area contributed by atoms with Crippen LogP contribution in [0.1, 0.15) is 28.0 Å². The van der Waals surface area contributed by atoms with E-state index in [9.17, 15) is 31.4 Å². The smallest absolute Gasteiger partial charge is 0.422 e. The van der Waals surface area contributed by atoms with Crippen molar-refractivity contribution in [2.75, 3.05) is 23.9 Å². The molecule has 0 saturated carbocycles. The maximum Gasteiger partial charge on any atom is 0.422 e. The molecule has 0 fully saturated rings. The molecule has 212 valence electrons. The second kappa shape index (κ2) is 9.77. The number of carbonyl (C=O) groups excluding carboxylic acids is 2. The molecule has 2 heterocycles. The molecule has 2 amide bonds. The van der Waals surface area contributed by atoms with Crippen LogP contribution in [-0.4, -0.2) is 50.6 Å². The SMILES string of the molecule is CS(=N)(=O)CC(=O)Nc1c(-c2ccc(F)c(Cl)c2)nn2c1C(=O)N[C@@]1(CCc3cc(OCC(F)(F)F)ccc31)C2. The Hall–Kier alpha value is -3.65. The normalized spacial score (nSPS) is 19.5. The lowest BCUT2D eigenvalue weighted by Gasteiger charge is -2.36. The molecule has 0 radical (unpaired) electrons. The van der Waals surface area contributed by atoms with Gasteiger partial charge in [0.05, 0.1) is 26.8 Å². The molecule has 3 N–H and O–H groups in total. The van der Waals surface area contributed by atoms with Crippen molar-refractivity contribution in [3.8, 4) is 17.0 Å². The first-order chi connectivity index (χ1) is 18.6. The van der Waals surface area contributed by atoms with E-state index in [1.165, 1.54) is 28.9 Å². The highest BCUT2D eigenvalue weighted by atomic mass is 35.5. The topological polar surface area (TPSA) is 126 Å². The number of fused-ring (bicyclic) bond motifs is 3. The monoisotopic (exact) mass is 599 g/mol. The number of ether oxygens (including phenoxy) is 1. The summed E-state index contributed by atoms with van der Waals surface area (Å²) in [6.45, 7) is -1.31. The Morgan fingerprint density at radius 2 is 2.05 bits per heavy atom. The molecule has 0 bridgehead atoms. The third-order valence-electron chi connectivity index (χ3n) is 6.62. The van der Waals surface area contributed by atoms with Gasteiger partial charge in [-0.25, -0.2) is 8.60 Å². The lowest BCUT2D eigenvalue weighted by Crippen LogP contribution is -2.52. The van der Waals surface area contributed by atoms with Gasteiger partial charge in [-0.3, -0.25) is 19.1 Å². The van der Waals surface area contributed by atoms with Crippen LogP contribution in [0.5, 0.6) is 5.75 Å². The average molecular weight is 600 g/mol. The number of nitrogens with one attached hydrogen (secondary N) is 3. The number of halogens is 5. The van der Waals surface area contributed by atoms with Gasteiger partial charge in [0.1, 0.15) is 28.7 Å². The van der Waals surface area contributed by atoms with Crippen LogP contribution in [0.2, 0.25) is 5.02 Å². The zero-order valence-electron chi connectivity index (χ0n) is 20.8. The Morgan fingerprint density at radius 1 is 1.30 bits per heavy atom. The van der Waals surface area contributed by atoms with E-state index in [1.807, 2.05) is 0 Å². The van der Waals surface area contributed by atoms with Crippen LogP contribution in [0.3, 0.4) is 0 Å². The van der Waals surface area contributed by atoms with E-state index in [-0.39, 0.29) is 34.4 Å². The number of nitrogens with zero attached hydrogens (tertiary/aromatic N) is 2. The standard InChI is InChI=1S/C25H22ClF4N5O4S/c1-40(31,38)10-19(36)32-21-20(14-2-5-18(27)17(26)9-14)34-35-11-24(33-23(37)22(21)35)7-6-13-8-15(3-4-16(13)24)39-12-25(28,29)30/h2-5,8-9,31H,6-7,10-12H2,1H3,(H,32,36)(H,33,37)/t24-,40?/m0/s1. The Morgan fingerprint density at radius 3 is 2.73 bits per heavy atom. The van der Waals surface area contributed by atoms with Crippen molar-refractivity contribution < 1.29 is 36.1 Å². The van der Waals surface area contributed by atoms with Gasteiger partial charge in [0.25, 0.3) is 5.91 Å². The third-order valence-corrected chi connectivity index (χ3v) is 7.72. The number of alkyl halides is 3. The Labute approximate surface area is 230 Å². The minimum Gasteiger partial charge on any atom is -0.484 e. The number of benzene rings is 2. The van der Waals surface area contributed by atoms with Crippen LogP contribution in [0.4, 0.5) is 23.2 Å². The van der Waals surface area contributed by atoms with Crippen LogP contribution in [0.15, 0.2) is 36.4 Å². The van der Waals surface area contributed by atoms with Gasteiger partial charge in [-0.05, 0) is 54.3 Å². The minimum absolute atomic E-state index is 0.0133. The Balaban J connectivity index is 1.54.